The van der Waals surface area contributed by atoms with Crippen molar-refractivity contribution < 1.29 is 33.0 Å². The van der Waals surface area contributed by atoms with Gasteiger partial charge in [-0.2, -0.15) is 0 Å². The van der Waals surface area contributed by atoms with Gasteiger partial charge in [0.1, 0.15) is 24.0 Å². The Morgan fingerprint density at radius 2 is 1.72 bits per heavy atom. The molecule has 9 heteroatoms. The molecule has 0 bridgehead atoms. The molecular formula is C23H18F2N2O5. The highest BCUT2D eigenvalue weighted by Gasteiger charge is 2.36. The number of aliphatic hydroxyl groups excluding tert-OH is 1. The second kappa shape index (κ2) is 8.43. The van der Waals surface area contributed by atoms with Crippen molar-refractivity contribution in [1.82, 2.24) is 4.90 Å². The first-order chi connectivity index (χ1) is 15.2. The zero-order valence-electron chi connectivity index (χ0n) is 17.0. The molecule has 0 spiro atoms. The summed E-state index contributed by atoms with van der Waals surface area (Å²) in [6, 6.07) is 7.35. The molecule has 1 atom stereocenters. The molecule has 0 aliphatic carbocycles. The molecule has 1 unspecified atom stereocenters. The quantitative estimate of drug-likeness (QED) is 0.697. The number of hydrogen-bond acceptors (Lipinski definition) is 6. The van der Waals surface area contributed by atoms with E-state index in [9.17, 15) is 28.3 Å². The molecule has 2 aliphatic rings. The maximum absolute atomic E-state index is 13.3. The number of aliphatic imine (C=N–C) groups is 1. The van der Waals surface area contributed by atoms with Crippen molar-refractivity contribution in [1.29, 1.82) is 0 Å². The van der Waals surface area contributed by atoms with Gasteiger partial charge in [0.25, 0.3) is 11.8 Å². The molecular weight excluding hydrogens is 422 g/mol. The fourth-order valence-electron chi connectivity index (χ4n) is 3.52. The summed E-state index contributed by atoms with van der Waals surface area (Å²) < 4.78 is 32.2. The van der Waals surface area contributed by atoms with Crippen LogP contribution in [0.15, 0.2) is 53.2 Å². The van der Waals surface area contributed by atoms with Crippen LogP contribution in [0.1, 0.15) is 39.6 Å². The minimum Gasteiger partial charge on any atom is -0.489 e. The van der Waals surface area contributed by atoms with Crippen LogP contribution < -0.4 is 4.74 Å². The van der Waals surface area contributed by atoms with Gasteiger partial charge in [-0.25, -0.2) is 8.78 Å². The summed E-state index contributed by atoms with van der Waals surface area (Å²) in [5.41, 5.74) is 1.12. The number of nitrogens with zero attached hydrogens (tertiary/aromatic N) is 2. The number of carbonyl (C=O) groups excluding carboxylic acids is 3. The van der Waals surface area contributed by atoms with Gasteiger partial charge in [0.15, 0.2) is 11.9 Å². The van der Waals surface area contributed by atoms with Crippen molar-refractivity contribution in [2.24, 2.45) is 4.99 Å². The number of amides is 2. The van der Waals surface area contributed by atoms with Crippen molar-refractivity contribution in [2.75, 3.05) is 6.54 Å². The number of ether oxygens (including phenoxy) is 1. The average Bonchev–Trinajstić information content (AvgIpc) is 2.99. The number of ketones is 1. The minimum absolute atomic E-state index is 0.0516. The molecule has 0 saturated carbocycles. The smallest absolute Gasteiger partial charge is 0.261 e. The molecule has 2 amide bonds. The predicted octanol–water partition coefficient (Wildman–Crippen LogP) is 2.82. The van der Waals surface area contributed by atoms with Crippen molar-refractivity contribution in [3.05, 3.63) is 76.5 Å². The SMILES string of the molecule is CC1=NC=C(CCN2C(=O)c3ccc(OCc4cc(F)cc(F)c4)cc3C2=O)C(=O)C1O. The van der Waals surface area contributed by atoms with E-state index < -0.39 is 35.3 Å². The molecule has 0 aromatic heterocycles. The Balaban J connectivity index is 1.45. The molecule has 164 valence electrons. The van der Waals surface area contributed by atoms with E-state index in [1.807, 2.05) is 0 Å². The van der Waals surface area contributed by atoms with E-state index >= 15 is 0 Å². The first-order valence-electron chi connectivity index (χ1n) is 9.78. The summed E-state index contributed by atoms with van der Waals surface area (Å²) in [7, 11) is 0. The van der Waals surface area contributed by atoms with Gasteiger partial charge in [0.2, 0.25) is 0 Å². The Kier molecular flexibility index (Phi) is 5.67. The Bertz CT molecular complexity index is 1180. The number of imide groups is 1. The molecule has 0 radical (unpaired) electrons. The number of benzene rings is 2. The Morgan fingerprint density at radius 3 is 2.44 bits per heavy atom. The summed E-state index contributed by atoms with van der Waals surface area (Å²) in [6.07, 6.45) is 0.0829. The maximum atomic E-state index is 13.3. The number of aliphatic hydroxyl groups is 1. The summed E-state index contributed by atoms with van der Waals surface area (Å²) in [6.45, 7) is 1.35. The van der Waals surface area contributed by atoms with Gasteiger partial charge in [-0.3, -0.25) is 24.3 Å². The third kappa shape index (κ3) is 4.06. The first-order valence-corrected chi connectivity index (χ1v) is 9.78. The van der Waals surface area contributed by atoms with Crippen LogP contribution in [0, 0.1) is 11.6 Å². The van der Waals surface area contributed by atoms with Crippen LogP contribution in [0.5, 0.6) is 5.75 Å². The van der Waals surface area contributed by atoms with Gasteiger partial charge < -0.3 is 9.84 Å². The predicted molar refractivity (Wildman–Crippen MR) is 109 cm³/mol. The summed E-state index contributed by atoms with van der Waals surface area (Å²) >= 11 is 0. The molecule has 2 aromatic rings. The van der Waals surface area contributed by atoms with Gasteiger partial charge in [-0.1, -0.05) is 0 Å². The van der Waals surface area contributed by atoms with E-state index in [4.69, 9.17) is 4.74 Å². The summed E-state index contributed by atoms with van der Waals surface area (Å²) in [5.74, 6) is -2.75. The number of rotatable bonds is 6. The standard InChI is InChI=1S/C23H18F2N2O5/c1-12-20(28)21(29)14(10-26-12)4-5-27-22(30)18-3-2-17(9-19(18)23(27)31)32-11-13-6-15(24)8-16(25)7-13/h2-3,6-10,20,28H,4-5,11H2,1H3. The molecule has 4 rings (SSSR count). The molecule has 2 aliphatic heterocycles. The highest BCUT2D eigenvalue weighted by Crippen LogP contribution is 2.28. The topological polar surface area (TPSA) is 96.3 Å². The molecule has 2 aromatic carbocycles. The van der Waals surface area contributed by atoms with E-state index in [1.165, 1.54) is 31.3 Å². The Morgan fingerprint density at radius 1 is 1.03 bits per heavy atom. The number of carbonyl (C=O) groups is 3. The fraction of sp³-hybridized carbons (Fsp3) is 0.217. The van der Waals surface area contributed by atoms with Crippen molar-refractivity contribution >= 4 is 23.3 Å². The van der Waals surface area contributed by atoms with E-state index in [0.717, 1.165) is 23.1 Å². The molecule has 2 heterocycles. The summed E-state index contributed by atoms with van der Waals surface area (Å²) in [4.78, 5) is 42.5. The second-order valence-electron chi connectivity index (χ2n) is 7.48. The van der Waals surface area contributed by atoms with Crippen LogP contribution in [0.3, 0.4) is 0 Å². The van der Waals surface area contributed by atoms with E-state index in [1.54, 1.807) is 0 Å². The van der Waals surface area contributed by atoms with Crippen LogP contribution in [0.2, 0.25) is 0 Å². The largest absolute Gasteiger partial charge is 0.489 e. The lowest BCUT2D eigenvalue weighted by Crippen LogP contribution is -2.35. The molecule has 0 saturated heterocycles. The Hall–Kier alpha value is -3.72. The third-order valence-electron chi connectivity index (χ3n) is 5.26. The second-order valence-corrected chi connectivity index (χ2v) is 7.48. The lowest BCUT2D eigenvalue weighted by atomic mass is 9.99. The Labute approximate surface area is 181 Å². The molecule has 1 N–H and O–H groups in total. The monoisotopic (exact) mass is 440 g/mol. The van der Waals surface area contributed by atoms with Crippen molar-refractivity contribution in [2.45, 2.75) is 26.1 Å². The maximum Gasteiger partial charge on any atom is 0.261 e. The van der Waals surface area contributed by atoms with Gasteiger partial charge in [-0.15, -0.1) is 0 Å². The van der Waals surface area contributed by atoms with E-state index in [2.05, 4.69) is 4.99 Å². The van der Waals surface area contributed by atoms with E-state index in [0.29, 0.717) is 0 Å². The third-order valence-corrected chi connectivity index (χ3v) is 5.26. The van der Waals surface area contributed by atoms with Crippen molar-refractivity contribution in [3.63, 3.8) is 0 Å². The van der Waals surface area contributed by atoms with E-state index in [-0.39, 0.29) is 53.3 Å². The lowest BCUT2D eigenvalue weighted by molar-refractivity contribution is -0.120. The van der Waals surface area contributed by atoms with Crippen LogP contribution in [-0.4, -0.2) is 46.0 Å². The van der Waals surface area contributed by atoms with Crippen LogP contribution in [0.25, 0.3) is 0 Å². The zero-order valence-corrected chi connectivity index (χ0v) is 17.0. The van der Waals surface area contributed by atoms with Gasteiger partial charge in [0.05, 0.1) is 16.8 Å². The normalized spacial score (nSPS) is 17.9. The minimum atomic E-state index is -1.32. The molecule has 32 heavy (non-hydrogen) atoms. The molecule has 0 fully saturated rings. The lowest BCUT2D eigenvalue weighted by Gasteiger charge is -2.18. The van der Waals surface area contributed by atoms with Crippen LogP contribution in [0.4, 0.5) is 8.78 Å². The number of hydrogen-bond donors (Lipinski definition) is 1. The molecule has 7 nitrogen and oxygen atoms in total. The first kappa shape index (κ1) is 21.5. The van der Waals surface area contributed by atoms with Crippen molar-refractivity contribution in [3.8, 4) is 5.75 Å². The highest BCUT2D eigenvalue weighted by molar-refractivity contribution is 6.21. The van der Waals surface area contributed by atoms with Gasteiger partial charge in [0, 0.05) is 24.4 Å². The van der Waals surface area contributed by atoms with Gasteiger partial charge >= 0.3 is 0 Å². The fourth-order valence-corrected chi connectivity index (χ4v) is 3.52. The van der Waals surface area contributed by atoms with Gasteiger partial charge in [-0.05, 0) is 49.2 Å². The number of fused-ring (bicyclic) bond motifs is 1. The van der Waals surface area contributed by atoms with Crippen LogP contribution in [-0.2, 0) is 11.4 Å². The highest BCUT2D eigenvalue weighted by atomic mass is 19.1. The van der Waals surface area contributed by atoms with Crippen LogP contribution >= 0.6 is 0 Å². The summed E-state index contributed by atoms with van der Waals surface area (Å²) in [5, 5.41) is 9.82. The number of Topliss-reactive ketones (excluding diaryl/α,β-unsaturated/α-hetero) is 1. The zero-order chi connectivity index (χ0) is 23.0. The average molecular weight is 440 g/mol. The number of halogens is 2.